The van der Waals surface area contributed by atoms with Crippen molar-refractivity contribution in [2.75, 3.05) is 6.54 Å². The van der Waals surface area contributed by atoms with Crippen LogP contribution in [0.1, 0.15) is 37.4 Å². The Kier molecular flexibility index (Phi) is 5.96. The van der Waals surface area contributed by atoms with Gasteiger partial charge in [0.1, 0.15) is 0 Å². The fourth-order valence-electron chi connectivity index (χ4n) is 2.46. The summed E-state index contributed by atoms with van der Waals surface area (Å²) in [6, 6.07) is 20.4. The second-order valence-electron chi connectivity index (χ2n) is 5.30. The molecule has 0 bridgehead atoms. The van der Waals surface area contributed by atoms with Crippen molar-refractivity contribution in [1.82, 2.24) is 4.90 Å². The van der Waals surface area contributed by atoms with Crippen LogP contribution in [0.3, 0.4) is 0 Å². The zero-order valence-corrected chi connectivity index (χ0v) is 13.3. The number of carbonyl (C=O) groups is 1. The molecule has 0 fully saturated rings. The van der Waals surface area contributed by atoms with Gasteiger partial charge in [0.05, 0.1) is 6.04 Å². The Morgan fingerprint density at radius 1 is 1.05 bits per heavy atom. The van der Waals surface area contributed by atoms with E-state index >= 15 is 0 Å². The third kappa shape index (κ3) is 4.32. The first-order valence-corrected chi connectivity index (χ1v) is 7.78. The van der Waals surface area contributed by atoms with Crippen molar-refractivity contribution >= 4 is 12.0 Å². The molecule has 0 radical (unpaired) electrons. The van der Waals surface area contributed by atoms with Crippen molar-refractivity contribution in [1.29, 1.82) is 0 Å². The Morgan fingerprint density at radius 2 is 1.64 bits per heavy atom. The predicted molar refractivity (Wildman–Crippen MR) is 92.3 cm³/mol. The van der Waals surface area contributed by atoms with Crippen LogP contribution in [-0.2, 0) is 4.79 Å². The zero-order valence-electron chi connectivity index (χ0n) is 13.3. The maximum absolute atomic E-state index is 12.3. The van der Waals surface area contributed by atoms with Crippen molar-refractivity contribution < 1.29 is 4.79 Å². The summed E-state index contributed by atoms with van der Waals surface area (Å²) in [5, 5.41) is 0. The number of hydrogen-bond acceptors (Lipinski definition) is 1. The average molecular weight is 293 g/mol. The summed E-state index contributed by atoms with van der Waals surface area (Å²) in [6.45, 7) is 4.62. The van der Waals surface area contributed by atoms with Gasteiger partial charge in [-0.1, -0.05) is 79.7 Å². The van der Waals surface area contributed by atoms with Crippen LogP contribution in [0.2, 0.25) is 0 Å². The Hall–Kier alpha value is -2.35. The van der Waals surface area contributed by atoms with Crippen LogP contribution in [0.15, 0.2) is 66.7 Å². The molecule has 0 N–H and O–H groups in total. The molecule has 2 rings (SSSR count). The van der Waals surface area contributed by atoms with Crippen LogP contribution >= 0.6 is 0 Å². The second-order valence-corrected chi connectivity index (χ2v) is 5.30. The molecule has 1 amide bonds. The standard InChI is InChI=1S/C20H23NO/c1-3-20(22)21(17(2)19-14-8-5-9-15-19)16-10-13-18-11-6-4-7-12-18/h4-15,17H,3,16H2,1-2H3/b13-10+. The molecule has 114 valence electrons. The van der Waals surface area contributed by atoms with Gasteiger partial charge in [-0.2, -0.15) is 0 Å². The van der Waals surface area contributed by atoms with Gasteiger partial charge in [0, 0.05) is 13.0 Å². The van der Waals surface area contributed by atoms with Gasteiger partial charge in [-0.05, 0) is 18.1 Å². The molecule has 0 saturated carbocycles. The number of nitrogens with zero attached hydrogens (tertiary/aromatic N) is 1. The topological polar surface area (TPSA) is 20.3 Å². The molecule has 2 aromatic rings. The minimum Gasteiger partial charge on any atom is -0.332 e. The Balaban J connectivity index is 2.10. The summed E-state index contributed by atoms with van der Waals surface area (Å²) in [7, 11) is 0. The fourth-order valence-corrected chi connectivity index (χ4v) is 2.46. The van der Waals surface area contributed by atoms with Gasteiger partial charge in [-0.25, -0.2) is 0 Å². The molecular formula is C20H23NO. The predicted octanol–water partition coefficient (Wildman–Crippen LogP) is 4.70. The van der Waals surface area contributed by atoms with Crippen LogP contribution in [0, 0.1) is 0 Å². The first-order valence-electron chi connectivity index (χ1n) is 7.78. The van der Waals surface area contributed by atoms with Crippen molar-refractivity contribution in [2.45, 2.75) is 26.3 Å². The summed E-state index contributed by atoms with van der Waals surface area (Å²) in [6.07, 6.45) is 4.65. The third-order valence-corrected chi connectivity index (χ3v) is 3.78. The number of benzene rings is 2. The lowest BCUT2D eigenvalue weighted by molar-refractivity contribution is -0.132. The van der Waals surface area contributed by atoms with Crippen LogP contribution in [0.4, 0.5) is 0 Å². The van der Waals surface area contributed by atoms with Crippen LogP contribution in [0.5, 0.6) is 0 Å². The summed E-state index contributed by atoms with van der Waals surface area (Å²) >= 11 is 0. The normalized spacial score (nSPS) is 12.3. The Morgan fingerprint density at radius 3 is 2.23 bits per heavy atom. The van der Waals surface area contributed by atoms with Crippen LogP contribution in [0.25, 0.3) is 6.08 Å². The smallest absolute Gasteiger partial charge is 0.223 e. The highest BCUT2D eigenvalue weighted by atomic mass is 16.2. The van der Waals surface area contributed by atoms with Crippen molar-refractivity contribution in [3.05, 3.63) is 77.9 Å². The van der Waals surface area contributed by atoms with E-state index in [9.17, 15) is 4.79 Å². The molecule has 0 aliphatic rings. The maximum atomic E-state index is 12.3. The molecule has 0 aromatic heterocycles. The summed E-state index contributed by atoms with van der Waals surface area (Å²) < 4.78 is 0. The van der Waals surface area contributed by atoms with Gasteiger partial charge >= 0.3 is 0 Å². The minimum atomic E-state index is 0.0778. The Labute approximate surface area is 133 Å². The largest absolute Gasteiger partial charge is 0.332 e. The monoisotopic (exact) mass is 293 g/mol. The fraction of sp³-hybridized carbons (Fsp3) is 0.250. The van der Waals surface area contributed by atoms with Gasteiger partial charge in [0.15, 0.2) is 0 Å². The number of rotatable bonds is 6. The SMILES string of the molecule is CCC(=O)N(C/C=C/c1ccccc1)C(C)c1ccccc1. The van der Waals surface area contributed by atoms with E-state index in [1.165, 1.54) is 0 Å². The lowest BCUT2D eigenvalue weighted by Crippen LogP contribution is -2.33. The lowest BCUT2D eigenvalue weighted by Gasteiger charge is -2.28. The minimum absolute atomic E-state index is 0.0778. The third-order valence-electron chi connectivity index (χ3n) is 3.78. The van der Waals surface area contributed by atoms with E-state index in [0.29, 0.717) is 13.0 Å². The Bertz CT molecular complexity index is 604. The summed E-state index contributed by atoms with van der Waals surface area (Å²) in [4.78, 5) is 14.2. The quantitative estimate of drug-likeness (QED) is 0.756. The molecule has 0 heterocycles. The van der Waals surface area contributed by atoms with E-state index in [4.69, 9.17) is 0 Å². The average Bonchev–Trinajstić information content (AvgIpc) is 2.59. The van der Waals surface area contributed by atoms with Crippen LogP contribution in [-0.4, -0.2) is 17.4 Å². The molecule has 2 aromatic carbocycles. The molecule has 0 aliphatic heterocycles. The molecule has 2 heteroatoms. The highest BCUT2D eigenvalue weighted by Gasteiger charge is 2.18. The van der Waals surface area contributed by atoms with Gasteiger partial charge < -0.3 is 4.90 Å². The molecule has 0 saturated heterocycles. The molecule has 1 atom stereocenters. The van der Waals surface area contributed by atoms with Crippen molar-refractivity contribution in [3.8, 4) is 0 Å². The molecular weight excluding hydrogens is 270 g/mol. The first-order chi connectivity index (χ1) is 10.7. The number of carbonyl (C=O) groups excluding carboxylic acids is 1. The number of amides is 1. The molecule has 0 aliphatic carbocycles. The van der Waals surface area contributed by atoms with E-state index in [0.717, 1.165) is 11.1 Å². The molecule has 2 nitrogen and oxygen atoms in total. The summed E-state index contributed by atoms with van der Waals surface area (Å²) in [5.74, 6) is 0.175. The van der Waals surface area contributed by atoms with Gasteiger partial charge in [0.25, 0.3) is 0 Å². The van der Waals surface area contributed by atoms with E-state index < -0.39 is 0 Å². The maximum Gasteiger partial charge on any atom is 0.223 e. The lowest BCUT2D eigenvalue weighted by atomic mass is 10.1. The number of hydrogen-bond donors (Lipinski definition) is 0. The van der Waals surface area contributed by atoms with Gasteiger partial charge in [0.2, 0.25) is 5.91 Å². The van der Waals surface area contributed by atoms with E-state index in [1.807, 2.05) is 48.2 Å². The highest BCUT2D eigenvalue weighted by molar-refractivity contribution is 5.76. The van der Waals surface area contributed by atoms with Gasteiger partial charge in [-0.15, -0.1) is 0 Å². The molecule has 22 heavy (non-hydrogen) atoms. The second kappa shape index (κ2) is 8.18. The van der Waals surface area contributed by atoms with Crippen molar-refractivity contribution in [2.24, 2.45) is 0 Å². The molecule has 1 unspecified atom stereocenters. The van der Waals surface area contributed by atoms with E-state index in [-0.39, 0.29) is 11.9 Å². The van der Waals surface area contributed by atoms with Gasteiger partial charge in [-0.3, -0.25) is 4.79 Å². The molecule has 0 spiro atoms. The highest BCUT2D eigenvalue weighted by Crippen LogP contribution is 2.20. The van der Waals surface area contributed by atoms with Crippen molar-refractivity contribution in [3.63, 3.8) is 0 Å². The first kappa shape index (κ1) is 16.0. The van der Waals surface area contributed by atoms with Crippen LogP contribution < -0.4 is 0 Å². The zero-order chi connectivity index (χ0) is 15.8. The van der Waals surface area contributed by atoms with E-state index in [1.54, 1.807) is 0 Å². The summed E-state index contributed by atoms with van der Waals surface area (Å²) in [5.41, 5.74) is 2.32. The van der Waals surface area contributed by atoms with E-state index in [2.05, 4.69) is 43.3 Å².